The summed E-state index contributed by atoms with van der Waals surface area (Å²) in [6.07, 6.45) is 1.27. The van der Waals surface area contributed by atoms with Crippen molar-refractivity contribution in [1.82, 2.24) is 14.5 Å². The van der Waals surface area contributed by atoms with Crippen LogP contribution in [-0.4, -0.2) is 33.2 Å². The minimum absolute atomic E-state index is 0.0693. The van der Waals surface area contributed by atoms with Gasteiger partial charge in [0.2, 0.25) is 10.0 Å². The van der Waals surface area contributed by atoms with Gasteiger partial charge in [-0.05, 0) is 31.2 Å². The quantitative estimate of drug-likeness (QED) is 0.795. The van der Waals surface area contributed by atoms with Crippen LogP contribution in [0.4, 0.5) is 5.69 Å². The third kappa shape index (κ3) is 3.71. The lowest BCUT2D eigenvalue weighted by Gasteiger charge is -2.09. The van der Waals surface area contributed by atoms with Crippen molar-refractivity contribution in [3.8, 4) is 0 Å². The number of nitrogens with one attached hydrogen (secondary N) is 2. The molecule has 0 amide bonds. The van der Waals surface area contributed by atoms with Crippen molar-refractivity contribution in [2.75, 3.05) is 11.3 Å². The Morgan fingerprint density at radius 2 is 1.70 bits per heavy atom. The zero-order valence-corrected chi connectivity index (χ0v) is 14.6. The van der Waals surface area contributed by atoms with Crippen molar-refractivity contribution in [3.63, 3.8) is 0 Å². The van der Waals surface area contributed by atoms with Crippen LogP contribution in [0.5, 0.6) is 0 Å². The van der Waals surface area contributed by atoms with Crippen LogP contribution in [0, 0.1) is 6.92 Å². The van der Waals surface area contributed by atoms with Gasteiger partial charge in [0.05, 0.1) is 16.8 Å². The smallest absolute Gasteiger partial charge is 0.265 e. The zero-order valence-electron chi connectivity index (χ0n) is 12.9. The van der Waals surface area contributed by atoms with Gasteiger partial charge in [0.25, 0.3) is 10.0 Å². The van der Waals surface area contributed by atoms with Crippen molar-refractivity contribution >= 4 is 25.7 Å². The monoisotopic (exact) mass is 358 g/mol. The van der Waals surface area contributed by atoms with Gasteiger partial charge in [-0.15, -0.1) is 0 Å². The first kappa shape index (κ1) is 17.4. The fraction of sp³-hybridized carbons (Fsp3) is 0.308. The number of rotatable bonds is 6. The van der Waals surface area contributed by atoms with Crippen molar-refractivity contribution < 1.29 is 16.8 Å². The van der Waals surface area contributed by atoms with Gasteiger partial charge in [0, 0.05) is 19.3 Å². The molecule has 0 unspecified atom stereocenters. The second kappa shape index (κ2) is 6.30. The summed E-state index contributed by atoms with van der Waals surface area (Å²) < 4.78 is 54.6. The third-order valence-corrected chi connectivity index (χ3v) is 6.28. The van der Waals surface area contributed by atoms with Gasteiger partial charge < -0.3 is 0 Å². The van der Waals surface area contributed by atoms with E-state index in [2.05, 4.69) is 14.5 Å². The predicted octanol–water partition coefficient (Wildman–Crippen LogP) is 0.828. The standard InChI is InChI=1S/C13H18N4O4S2/c1-4-15-22(18,19)12-7-5-11(6-8-12)16-23(20,21)13-9-14-17(3)10(13)2/h5-9,15-16H,4H2,1-3H3. The summed E-state index contributed by atoms with van der Waals surface area (Å²) in [5.74, 6) is 0. The summed E-state index contributed by atoms with van der Waals surface area (Å²) in [6.45, 7) is 3.60. The second-order valence-electron chi connectivity index (χ2n) is 4.85. The van der Waals surface area contributed by atoms with E-state index >= 15 is 0 Å². The van der Waals surface area contributed by atoms with Gasteiger partial charge in [0.15, 0.2) is 0 Å². The van der Waals surface area contributed by atoms with Crippen molar-refractivity contribution in [2.45, 2.75) is 23.6 Å². The fourth-order valence-electron chi connectivity index (χ4n) is 1.93. The molecule has 1 heterocycles. The molecule has 23 heavy (non-hydrogen) atoms. The van der Waals surface area contributed by atoms with Gasteiger partial charge in [0.1, 0.15) is 4.90 Å². The molecule has 0 aliphatic heterocycles. The van der Waals surface area contributed by atoms with Crippen molar-refractivity contribution in [3.05, 3.63) is 36.2 Å². The molecule has 126 valence electrons. The lowest BCUT2D eigenvalue weighted by atomic mass is 10.3. The maximum Gasteiger partial charge on any atom is 0.265 e. The molecule has 0 atom stereocenters. The highest BCUT2D eigenvalue weighted by molar-refractivity contribution is 7.92. The minimum Gasteiger partial charge on any atom is -0.280 e. The molecule has 10 heteroatoms. The maximum absolute atomic E-state index is 12.3. The Labute approximate surface area is 135 Å². The van der Waals surface area contributed by atoms with Crippen LogP contribution in [0.3, 0.4) is 0 Å². The highest BCUT2D eigenvalue weighted by Crippen LogP contribution is 2.20. The van der Waals surface area contributed by atoms with E-state index in [-0.39, 0.29) is 22.0 Å². The van der Waals surface area contributed by atoms with Crippen molar-refractivity contribution in [2.24, 2.45) is 7.05 Å². The highest BCUT2D eigenvalue weighted by Gasteiger charge is 2.20. The molecule has 0 aliphatic rings. The Morgan fingerprint density at radius 1 is 1.09 bits per heavy atom. The lowest BCUT2D eigenvalue weighted by Crippen LogP contribution is -2.23. The first-order valence-electron chi connectivity index (χ1n) is 6.78. The lowest BCUT2D eigenvalue weighted by molar-refractivity contribution is 0.584. The number of hydrogen-bond acceptors (Lipinski definition) is 5. The molecule has 0 fully saturated rings. The van der Waals surface area contributed by atoms with Crippen LogP contribution in [0.2, 0.25) is 0 Å². The van der Waals surface area contributed by atoms with E-state index in [0.29, 0.717) is 5.69 Å². The van der Waals surface area contributed by atoms with E-state index in [1.165, 1.54) is 35.1 Å². The SMILES string of the molecule is CCNS(=O)(=O)c1ccc(NS(=O)(=O)c2cnn(C)c2C)cc1. The summed E-state index contributed by atoms with van der Waals surface area (Å²) in [5, 5.41) is 3.90. The Kier molecular flexibility index (Phi) is 4.78. The second-order valence-corrected chi connectivity index (χ2v) is 8.27. The summed E-state index contributed by atoms with van der Waals surface area (Å²) in [7, 11) is -5.70. The van der Waals surface area contributed by atoms with Crippen LogP contribution in [-0.2, 0) is 27.1 Å². The topological polar surface area (TPSA) is 110 Å². The maximum atomic E-state index is 12.3. The molecule has 0 saturated carbocycles. The molecule has 0 saturated heterocycles. The third-order valence-electron chi connectivity index (χ3n) is 3.23. The zero-order chi connectivity index (χ0) is 17.3. The summed E-state index contributed by atoms with van der Waals surface area (Å²) in [5.41, 5.74) is 0.771. The first-order chi connectivity index (χ1) is 10.7. The molecular weight excluding hydrogens is 340 g/mol. The van der Waals surface area contributed by atoms with E-state index in [1.807, 2.05) is 0 Å². The molecule has 2 aromatic rings. The molecule has 8 nitrogen and oxygen atoms in total. The van der Waals surface area contributed by atoms with Gasteiger partial charge >= 0.3 is 0 Å². The van der Waals surface area contributed by atoms with Gasteiger partial charge in [-0.3, -0.25) is 9.40 Å². The van der Waals surface area contributed by atoms with E-state index in [4.69, 9.17) is 0 Å². The van der Waals surface area contributed by atoms with E-state index in [9.17, 15) is 16.8 Å². The average Bonchev–Trinajstić information content (AvgIpc) is 2.80. The Balaban J connectivity index is 2.26. The first-order valence-corrected chi connectivity index (χ1v) is 9.75. The number of benzene rings is 1. The molecule has 0 bridgehead atoms. The molecule has 0 spiro atoms. The highest BCUT2D eigenvalue weighted by atomic mass is 32.2. The summed E-state index contributed by atoms with van der Waals surface area (Å²) >= 11 is 0. The molecule has 1 aromatic carbocycles. The Bertz CT molecular complexity index is 900. The summed E-state index contributed by atoms with van der Waals surface area (Å²) in [4.78, 5) is 0.143. The number of aromatic nitrogens is 2. The molecule has 1 aromatic heterocycles. The molecule has 2 N–H and O–H groups in total. The molecule has 0 aliphatic carbocycles. The van der Waals surface area contributed by atoms with Crippen LogP contribution in [0.15, 0.2) is 40.3 Å². The van der Waals surface area contributed by atoms with Crippen LogP contribution in [0.1, 0.15) is 12.6 Å². The van der Waals surface area contributed by atoms with Crippen LogP contribution < -0.4 is 9.44 Å². The van der Waals surface area contributed by atoms with Crippen LogP contribution >= 0.6 is 0 Å². The fourth-order valence-corrected chi connectivity index (χ4v) is 4.23. The number of sulfonamides is 2. The Morgan fingerprint density at radius 3 is 2.17 bits per heavy atom. The largest absolute Gasteiger partial charge is 0.280 e. The molecule has 0 radical (unpaired) electrons. The number of aryl methyl sites for hydroxylation is 1. The van der Waals surface area contributed by atoms with Gasteiger partial charge in [-0.1, -0.05) is 6.92 Å². The minimum atomic E-state index is -3.78. The summed E-state index contributed by atoms with van der Waals surface area (Å²) in [6, 6.07) is 5.47. The molecule has 2 rings (SSSR count). The average molecular weight is 358 g/mol. The number of anilines is 1. The van der Waals surface area contributed by atoms with Gasteiger partial charge in [-0.25, -0.2) is 21.6 Å². The number of nitrogens with zero attached hydrogens (tertiary/aromatic N) is 2. The molecular formula is C13H18N4O4S2. The van der Waals surface area contributed by atoms with Crippen LogP contribution in [0.25, 0.3) is 0 Å². The number of hydrogen-bond donors (Lipinski definition) is 2. The van der Waals surface area contributed by atoms with Gasteiger partial charge in [-0.2, -0.15) is 5.10 Å². The van der Waals surface area contributed by atoms with E-state index in [0.717, 1.165) is 0 Å². The van der Waals surface area contributed by atoms with E-state index < -0.39 is 20.0 Å². The van der Waals surface area contributed by atoms with Crippen molar-refractivity contribution in [1.29, 1.82) is 0 Å². The predicted molar refractivity (Wildman–Crippen MR) is 86.1 cm³/mol. The normalized spacial score (nSPS) is 12.3. The Hall–Kier alpha value is -1.91. The van der Waals surface area contributed by atoms with E-state index in [1.54, 1.807) is 20.9 Å².